The van der Waals surface area contributed by atoms with Gasteiger partial charge in [-0.05, 0) is 47.8 Å². The molecule has 1 saturated carbocycles. The third kappa shape index (κ3) is 3.83. The highest BCUT2D eigenvalue weighted by molar-refractivity contribution is 7.80. The van der Waals surface area contributed by atoms with Gasteiger partial charge in [0.2, 0.25) is 0 Å². The van der Waals surface area contributed by atoms with Crippen LogP contribution in [-0.4, -0.2) is 10.8 Å². The molecule has 3 rings (SSSR count). The Morgan fingerprint density at radius 3 is 2.52 bits per heavy atom. The predicted octanol–water partition coefficient (Wildman–Crippen LogP) is 4.33. The molecule has 0 saturated heterocycles. The Balaban J connectivity index is 1.90. The second-order valence-corrected chi connectivity index (χ2v) is 6.72. The van der Waals surface area contributed by atoms with Gasteiger partial charge in [0, 0.05) is 5.92 Å². The first-order chi connectivity index (χ1) is 11.1. The molecule has 1 aliphatic carbocycles. The smallest absolute Gasteiger partial charge is 0.184 e. The van der Waals surface area contributed by atoms with Gasteiger partial charge in [0.15, 0.2) is 5.11 Å². The van der Waals surface area contributed by atoms with E-state index in [4.69, 9.17) is 41.2 Å². The summed E-state index contributed by atoms with van der Waals surface area (Å²) in [4.78, 5) is 0. The molecule has 0 aliphatic heterocycles. The normalized spacial score (nSPS) is 20.2. The first-order valence-corrected chi connectivity index (χ1v) is 8.36. The average molecular weight is 364 g/mol. The van der Waals surface area contributed by atoms with Crippen molar-refractivity contribution in [1.29, 1.82) is 0 Å². The van der Waals surface area contributed by atoms with E-state index in [0.717, 1.165) is 17.7 Å². The number of halogens is 2. The molecular formula is C17H15Cl2N3S. The van der Waals surface area contributed by atoms with Gasteiger partial charge >= 0.3 is 0 Å². The molecule has 2 unspecified atom stereocenters. The average Bonchev–Trinajstić information content (AvgIpc) is 3.32. The number of benzene rings is 2. The van der Waals surface area contributed by atoms with Gasteiger partial charge < -0.3 is 5.73 Å². The molecule has 0 aromatic heterocycles. The van der Waals surface area contributed by atoms with Gasteiger partial charge in [0.25, 0.3) is 0 Å². The lowest BCUT2D eigenvalue weighted by atomic mass is 10.0. The van der Waals surface area contributed by atoms with Crippen molar-refractivity contribution in [2.24, 2.45) is 16.8 Å². The molecule has 0 radical (unpaired) electrons. The molecule has 0 bridgehead atoms. The summed E-state index contributed by atoms with van der Waals surface area (Å²) >= 11 is 17.0. The zero-order valence-electron chi connectivity index (χ0n) is 12.2. The van der Waals surface area contributed by atoms with E-state index < -0.39 is 0 Å². The Labute approximate surface area is 150 Å². The van der Waals surface area contributed by atoms with E-state index in [-0.39, 0.29) is 5.11 Å². The summed E-state index contributed by atoms with van der Waals surface area (Å²) in [5, 5.41) is 5.56. The zero-order valence-corrected chi connectivity index (χ0v) is 14.5. The molecule has 0 heterocycles. The van der Waals surface area contributed by atoms with Gasteiger partial charge in [-0.3, -0.25) is 5.43 Å². The minimum atomic E-state index is 0.138. The second kappa shape index (κ2) is 6.87. The number of nitrogens with two attached hydrogens (primary N) is 1. The summed E-state index contributed by atoms with van der Waals surface area (Å²) in [7, 11) is 0. The molecule has 1 aliphatic rings. The number of hydrazone groups is 1. The molecule has 23 heavy (non-hydrogen) atoms. The first kappa shape index (κ1) is 16.2. The summed E-state index contributed by atoms with van der Waals surface area (Å²) in [6.07, 6.45) is 1.03. The second-order valence-electron chi connectivity index (χ2n) is 5.46. The lowest BCUT2D eigenvalue weighted by molar-refractivity contribution is 0.976. The molecular weight excluding hydrogens is 349 g/mol. The van der Waals surface area contributed by atoms with Crippen LogP contribution in [0.25, 0.3) is 0 Å². The van der Waals surface area contributed by atoms with E-state index in [1.54, 1.807) is 6.07 Å². The maximum absolute atomic E-state index is 6.14. The van der Waals surface area contributed by atoms with Gasteiger partial charge in [-0.15, -0.1) is 0 Å². The molecule has 0 spiro atoms. The van der Waals surface area contributed by atoms with Crippen LogP contribution in [0.3, 0.4) is 0 Å². The van der Waals surface area contributed by atoms with Crippen LogP contribution < -0.4 is 11.2 Å². The van der Waals surface area contributed by atoms with E-state index in [9.17, 15) is 0 Å². The van der Waals surface area contributed by atoms with Crippen molar-refractivity contribution < 1.29 is 0 Å². The summed E-state index contributed by atoms with van der Waals surface area (Å²) in [5.41, 5.74) is 11.3. The third-order valence-electron chi connectivity index (χ3n) is 3.87. The Morgan fingerprint density at radius 1 is 1.13 bits per heavy atom. The molecule has 2 atom stereocenters. The van der Waals surface area contributed by atoms with Crippen LogP contribution in [0.15, 0.2) is 53.6 Å². The fourth-order valence-electron chi connectivity index (χ4n) is 2.70. The predicted molar refractivity (Wildman–Crippen MR) is 100 cm³/mol. The van der Waals surface area contributed by atoms with E-state index in [2.05, 4.69) is 22.7 Å². The number of rotatable bonds is 4. The number of hydrogen-bond acceptors (Lipinski definition) is 2. The summed E-state index contributed by atoms with van der Waals surface area (Å²) < 4.78 is 0. The highest BCUT2D eigenvalue weighted by Gasteiger charge is 2.42. The molecule has 0 amide bonds. The summed E-state index contributed by atoms with van der Waals surface area (Å²) in [5.74, 6) is 0.744. The largest absolute Gasteiger partial charge is 0.375 e. The number of thiocarbonyl (C=S) groups is 1. The first-order valence-electron chi connectivity index (χ1n) is 7.19. The maximum Gasteiger partial charge on any atom is 0.184 e. The van der Waals surface area contributed by atoms with Crippen LogP contribution in [0.1, 0.15) is 23.5 Å². The molecule has 1 fully saturated rings. The highest BCUT2D eigenvalue weighted by atomic mass is 35.5. The third-order valence-corrected chi connectivity index (χ3v) is 4.70. The monoisotopic (exact) mass is 363 g/mol. The van der Waals surface area contributed by atoms with Crippen molar-refractivity contribution in [1.82, 2.24) is 5.43 Å². The van der Waals surface area contributed by atoms with Crippen molar-refractivity contribution in [3.05, 3.63) is 69.7 Å². The Kier molecular flexibility index (Phi) is 4.85. The number of hydrogen-bond donors (Lipinski definition) is 2. The van der Waals surface area contributed by atoms with Gasteiger partial charge in [0.05, 0.1) is 15.8 Å². The topological polar surface area (TPSA) is 50.4 Å². The lowest BCUT2D eigenvalue weighted by Crippen LogP contribution is -2.26. The summed E-state index contributed by atoms with van der Waals surface area (Å²) in [6.45, 7) is 0. The van der Waals surface area contributed by atoms with Gasteiger partial charge in [-0.1, -0.05) is 59.6 Å². The Morgan fingerprint density at radius 2 is 1.87 bits per heavy atom. The fraction of sp³-hybridized carbons (Fsp3) is 0.176. The molecule has 3 nitrogen and oxygen atoms in total. The van der Waals surface area contributed by atoms with E-state index in [1.165, 1.54) is 5.56 Å². The zero-order chi connectivity index (χ0) is 16.4. The molecule has 2 aromatic carbocycles. The fourth-order valence-corrected chi connectivity index (χ4v) is 3.04. The Bertz CT molecular complexity index is 762. The van der Waals surface area contributed by atoms with Crippen LogP contribution in [0, 0.1) is 5.92 Å². The van der Waals surface area contributed by atoms with Gasteiger partial charge in [-0.2, -0.15) is 5.10 Å². The molecule has 118 valence electrons. The van der Waals surface area contributed by atoms with Crippen LogP contribution in [0.4, 0.5) is 0 Å². The summed E-state index contributed by atoms with van der Waals surface area (Å²) in [6, 6.07) is 15.9. The van der Waals surface area contributed by atoms with Crippen molar-refractivity contribution >= 4 is 46.2 Å². The molecule has 6 heteroatoms. The van der Waals surface area contributed by atoms with Crippen molar-refractivity contribution in [2.75, 3.05) is 0 Å². The van der Waals surface area contributed by atoms with Crippen LogP contribution in [-0.2, 0) is 0 Å². The SMILES string of the molecule is NC(=S)N/N=C(/c1ccc(Cl)c(Cl)c1)C1CC1c1ccccc1. The molecule has 2 aromatic rings. The number of nitrogens with one attached hydrogen (secondary N) is 1. The van der Waals surface area contributed by atoms with Gasteiger partial charge in [0.1, 0.15) is 0 Å². The van der Waals surface area contributed by atoms with Crippen molar-refractivity contribution in [2.45, 2.75) is 12.3 Å². The van der Waals surface area contributed by atoms with E-state index in [1.807, 2.05) is 30.3 Å². The Hall–Kier alpha value is -1.62. The highest BCUT2D eigenvalue weighted by Crippen LogP contribution is 2.49. The molecule has 3 N–H and O–H groups in total. The minimum Gasteiger partial charge on any atom is -0.375 e. The van der Waals surface area contributed by atoms with E-state index >= 15 is 0 Å². The van der Waals surface area contributed by atoms with Crippen molar-refractivity contribution in [3.8, 4) is 0 Å². The quantitative estimate of drug-likeness (QED) is 0.482. The van der Waals surface area contributed by atoms with Gasteiger partial charge in [-0.25, -0.2) is 0 Å². The number of nitrogens with zero attached hydrogens (tertiary/aromatic N) is 1. The van der Waals surface area contributed by atoms with Crippen molar-refractivity contribution in [3.63, 3.8) is 0 Å². The van der Waals surface area contributed by atoms with Crippen LogP contribution in [0.2, 0.25) is 10.0 Å². The van der Waals surface area contributed by atoms with Crippen LogP contribution >= 0.6 is 35.4 Å². The standard InChI is InChI=1S/C17H15Cl2N3S/c18-14-7-6-11(8-15(14)19)16(21-22-17(20)23)13-9-12(13)10-4-2-1-3-5-10/h1-8,12-13H,9H2,(H3,20,22,23)/b21-16-. The lowest BCUT2D eigenvalue weighted by Gasteiger charge is -2.09. The minimum absolute atomic E-state index is 0.138. The maximum atomic E-state index is 6.14. The van der Waals surface area contributed by atoms with Crippen LogP contribution in [0.5, 0.6) is 0 Å². The van der Waals surface area contributed by atoms with E-state index in [0.29, 0.717) is 21.9 Å².